The van der Waals surface area contributed by atoms with Gasteiger partial charge in [0, 0.05) is 19.3 Å². The molecule has 1 atom stereocenters. The molecular formula is C11H17N3OS. The lowest BCUT2D eigenvalue weighted by atomic mass is 10.2. The molecule has 0 aromatic carbocycles. The van der Waals surface area contributed by atoms with Crippen LogP contribution in [0.1, 0.15) is 18.2 Å². The van der Waals surface area contributed by atoms with Crippen molar-refractivity contribution in [3.63, 3.8) is 0 Å². The third-order valence-electron chi connectivity index (χ3n) is 2.18. The first-order valence-electron chi connectivity index (χ1n) is 5.08. The predicted octanol–water partition coefficient (Wildman–Crippen LogP) is 0.841. The van der Waals surface area contributed by atoms with Crippen molar-refractivity contribution < 1.29 is 5.11 Å². The lowest BCUT2D eigenvalue weighted by Crippen LogP contribution is -2.30. The number of thiocarbonyl (C=S) groups is 1. The Morgan fingerprint density at radius 3 is 2.75 bits per heavy atom. The monoisotopic (exact) mass is 239 g/mol. The summed E-state index contributed by atoms with van der Waals surface area (Å²) in [5.41, 5.74) is 7.27. The summed E-state index contributed by atoms with van der Waals surface area (Å²) < 4.78 is 0. The van der Waals surface area contributed by atoms with E-state index in [0.29, 0.717) is 17.4 Å². The summed E-state index contributed by atoms with van der Waals surface area (Å²) in [4.78, 5) is 6.57. The van der Waals surface area contributed by atoms with Crippen LogP contribution in [0.3, 0.4) is 0 Å². The van der Waals surface area contributed by atoms with E-state index in [1.807, 2.05) is 31.0 Å². The van der Waals surface area contributed by atoms with Crippen molar-refractivity contribution in [1.82, 2.24) is 4.98 Å². The van der Waals surface area contributed by atoms with E-state index in [9.17, 15) is 5.11 Å². The summed E-state index contributed by atoms with van der Waals surface area (Å²) in [5.74, 6) is 0.716. The highest BCUT2D eigenvalue weighted by molar-refractivity contribution is 7.80. The maximum absolute atomic E-state index is 9.35. The normalized spacial score (nSPS) is 12.2. The number of nitrogens with two attached hydrogens (primary N) is 1. The average Bonchev–Trinajstić information content (AvgIpc) is 2.15. The molecule has 0 fully saturated rings. The molecule has 0 spiro atoms. The van der Waals surface area contributed by atoms with E-state index in [-0.39, 0.29) is 0 Å². The minimum atomic E-state index is -0.425. The van der Waals surface area contributed by atoms with Gasteiger partial charge in [0.2, 0.25) is 0 Å². The fourth-order valence-electron chi connectivity index (χ4n) is 1.51. The highest BCUT2D eigenvalue weighted by atomic mass is 32.1. The maximum atomic E-state index is 9.35. The average molecular weight is 239 g/mol. The second-order valence-corrected chi connectivity index (χ2v) is 4.36. The minimum absolute atomic E-state index is 0.319. The third-order valence-corrected chi connectivity index (χ3v) is 2.40. The quantitative estimate of drug-likeness (QED) is 0.762. The fraction of sp³-hybridized carbons (Fsp3) is 0.455. The van der Waals surface area contributed by atoms with Gasteiger partial charge in [-0.05, 0) is 26.0 Å². The van der Waals surface area contributed by atoms with Crippen LogP contribution in [0.5, 0.6) is 0 Å². The molecule has 1 rings (SSSR count). The molecule has 3 N–H and O–H groups in total. The molecule has 0 aliphatic carbocycles. The van der Waals surface area contributed by atoms with Crippen LogP contribution in [0.4, 0.5) is 5.82 Å². The van der Waals surface area contributed by atoms with E-state index >= 15 is 0 Å². The van der Waals surface area contributed by atoms with Gasteiger partial charge in [-0.25, -0.2) is 4.98 Å². The van der Waals surface area contributed by atoms with Crippen molar-refractivity contribution in [2.24, 2.45) is 5.73 Å². The van der Waals surface area contributed by atoms with Crippen LogP contribution < -0.4 is 10.6 Å². The summed E-state index contributed by atoms with van der Waals surface area (Å²) in [6.45, 7) is 4.13. The zero-order valence-electron chi connectivity index (χ0n) is 9.77. The standard InChI is InChI=1S/C11H17N3OS/c1-7-4-5-9(10(12)16)11(13-7)14(3)6-8(2)15/h4-5,8,15H,6H2,1-3H3,(H2,12,16). The molecule has 5 heteroatoms. The molecule has 16 heavy (non-hydrogen) atoms. The Kier molecular flexibility index (Phi) is 4.20. The SMILES string of the molecule is Cc1ccc(C(N)=S)c(N(C)CC(C)O)n1. The van der Waals surface area contributed by atoms with E-state index in [1.165, 1.54) is 0 Å². The Balaban J connectivity index is 3.09. The number of aliphatic hydroxyl groups excluding tert-OH is 1. The molecule has 0 aliphatic heterocycles. The van der Waals surface area contributed by atoms with Crippen LogP contribution >= 0.6 is 12.2 Å². The highest BCUT2D eigenvalue weighted by Gasteiger charge is 2.13. The second kappa shape index (κ2) is 5.23. The summed E-state index contributed by atoms with van der Waals surface area (Å²) in [7, 11) is 1.86. The number of pyridine rings is 1. The molecule has 0 bridgehead atoms. The van der Waals surface area contributed by atoms with Gasteiger partial charge in [0.05, 0.1) is 11.7 Å². The van der Waals surface area contributed by atoms with Crippen LogP contribution in [0.2, 0.25) is 0 Å². The molecule has 1 unspecified atom stereocenters. The van der Waals surface area contributed by atoms with Crippen LogP contribution in [0.15, 0.2) is 12.1 Å². The highest BCUT2D eigenvalue weighted by Crippen LogP contribution is 2.17. The topological polar surface area (TPSA) is 62.4 Å². The summed E-state index contributed by atoms with van der Waals surface area (Å²) in [5, 5.41) is 9.35. The van der Waals surface area contributed by atoms with Crippen molar-refractivity contribution >= 4 is 23.0 Å². The molecule has 0 saturated carbocycles. The summed E-state index contributed by atoms with van der Waals surface area (Å²) in [6.07, 6.45) is -0.425. The third kappa shape index (κ3) is 3.15. The molecular weight excluding hydrogens is 222 g/mol. The van der Waals surface area contributed by atoms with Crippen molar-refractivity contribution in [2.45, 2.75) is 20.0 Å². The van der Waals surface area contributed by atoms with E-state index in [2.05, 4.69) is 4.98 Å². The van der Waals surface area contributed by atoms with Gasteiger partial charge in [0.25, 0.3) is 0 Å². The van der Waals surface area contributed by atoms with Gasteiger partial charge < -0.3 is 15.7 Å². The van der Waals surface area contributed by atoms with E-state index in [4.69, 9.17) is 18.0 Å². The lowest BCUT2D eigenvalue weighted by molar-refractivity contribution is 0.201. The Morgan fingerprint density at radius 2 is 2.25 bits per heavy atom. The number of anilines is 1. The van der Waals surface area contributed by atoms with Crippen molar-refractivity contribution in [1.29, 1.82) is 0 Å². The Hall–Kier alpha value is -1.20. The Morgan fingerprint density at radius 1 is 1.62 bits per heavy atom. The lowest BCUT2D eigenvalue weighted by Gasteiger charge is -2.22. The predicted molar refractivity (Wildman–Crippen MR) is 69.8 cm³/mol. The molecule has 0 amide bonds. The first-order valence-corrected chi connectivity index (χ1v) is 5.49. The molecule has 1 aromatic heterocycles. The van der Waals surface area contributed by atoms with Gasteiger partial charge >= 0.3 is 0 Å². The molecule has 1 heterocycles. The van der Waals surface area contributed by atoms with Crippen LogP contribution in [0.25, 0.3) is 0 Å². The molecule has 0 saturated heterocycles. The first-order chi connectivity index (χ1) is 7.41. The van der Waals surface area contributed by atoms with Crippen LogP contribution in [-0.4, -0.2) is 34.8 Å². The molecule has 88 valence electrons. The first kappa shape index (κ1) is 12.9. The molecule has 1 aromatic rings. The second-order valence-electron chi connectivity index (χ2n) is 3.92. The zero-order chi connectivity index (χ0) is 12.3. The Bertz CT molecular complexity index is 393. The zero-order valence-corrected chi connectivity index (χ0v) is 10.6. The van der Waals surface area contributed by atoms with Crippen LogP contribution in [0, 0.1) is 6.92 Å². The van der Waals surface area contributed by atoms with Gasteiger partial charge in [-0.2, -0.15) is 0 Å². The van der Waals surface area contributed by atoms with E-state index < -0.39 is 6.10 Å². The van der Waals surface area contributed by atoms with Crippen molar-refractivity contribution in [3.05, 3.63) is 23.4 Å². The number of aromatic nitrogens is 1. The van der Waals surface area contributed by atoms with Crippen molar-refractivity contribution in [3.8, 4) is 0 Å². The maximum Gasteiger partial charge on any atom is 0.138 e. The molecule has 4 nitrogen and oxygen atoms in total. The number of likely N-dealkylation sites (N-methyl/N-ethyl adjacent to an activating group) is 1. The summed E-state index contributed by atoms with van der Waals surface area (Å²) >= 11 is 4.97. The number of aryl methyl sites for hydroxylation is 1. The van der Waals surface area contributed by atoms with Crippen molar-refractivity contribution in [2.75, 3.05) is 18.5 Å². The number of hydrogen-bond donors (Lipinski definition) is 2. The van der Waals surface area contributed by atoms with Gasteiger partial charge in [0.1, 0.15) is 10.8 Å². The van der Waals surface area contributed by atoms with E-state index in [1.54, 1.807) is 6.92 Å². The molecule has 0 aliphatic rings. The molecule has 0 radical (unpaired) electrons. The van der Waals surface area contributed by atoms with Gasteiger partial charge in [-0.3, -0.25) is 0 Å². The smallest absolute Gasteiger partial charge is 0.138 e. The number of nitrogens with zero attached hydrogens (tertiary/aromatic N) is 2. The largest absolute Gasteiger partial charge is 0.392 e. The van der Waals surface area contributed by atoms with E-state index in [0.717, 1.165) is 11.3 Å². The Labute approximate surface area is 101 Å². The fourth-order valence-corrected chi connectivity index (χ4v) is 1.67. The van der Waals surface area contributed by atoms with Gasteiger partial charge in [0.15, 0.2) is 0 Å². The summed E-state index contributed by atoms with van der Waals surface area (Å²) in [6, 6.07) is 3.73. The number of aliphatic hydroxyl groups is 1. The number of rotatable bonds is 4. The minimum Gasteiger partial charge on any atom is -0.392 e. The van der Waals surface area contributed by atoms with Crippen LogP contribution in [-0.2, 0) is 0 Å². The van der Waals surface area contributed by atoms with Gasteiger partial charge in [-0.1, -0.05) is 12.2 Å². The number of hydrogen-bond acceptors (Lipinski definition) is 4. The van der Waals surface area contributed by atoms with Gasteiger partial charge in [-0.15, -0.1) is 0 Å².